The average Bonchev–Trinajstić information content (AvgIpc) is 2.53. The highest BCUT2D eigenvalue weighted by Crippen LogP contribution is 2.33. The third-order valence-electron chi connectivity index (χ3n) is 3.80. The van der Waals surface area contributed by atoms with Gasteiger partial charge in [0.1, 0.15) is 23.3 Å². The molecule has 25 heavy (non-hydrogen) atoms. The van der Waals surface area contributed by atoms with Crippen LogP contribution in [-0.4, -0.2) is 0 Å². The summed E-state index contributed by atoms with van der Waals surface area (Å²) in [6, 6.07) is 12.5. The van der Waals surface area contributed by atoms with Crippen LogP contribution >= 0.6 is 0 Å². The minimum Gasteiger partial charge on any atom is -0.207 e. The number of hydrogen-bond donors (Lipinski definition) is 0. The fraction of sp³-hybridized carbons (Fsp3) is 0.100. The highest BCUT2D eigenvalue weighted by molar-refractivity contribution is 7.97. The summed E-state index contributed by atoms with van der Waals surface area (Å²) in [5.41, 5.74) is 0.872. The lowest BCUT2D eigenvalue weighted by Crippen LogP contribution is -2.07. The molecule has 0 spiro atoms. The van der Waals surface area contributed by atoms with Gasteiger partial charge in [0.25, 0.3) is 0 Å². The highest BCUT2D eigenvalue weighted by atomic mass is 32.2. The monoisotopic (exact) mass is 363 g/mol. The first-order valence-corrected chi connectivity index (χ1v) is 8.80. The van der Waals surface area contributed by atoms with E-state index in [1.165, 1.54) is 24.3 Å². The van der Waals surface area contributed by atoms with Crippen LogP contribution in [0, 0.1) is 37.1 Å². The number of rotatable bonds is 3. The smallest absolute Gasteiger partial charge is 0.172 e. The fourth-order valence-corrected chi connectivity index (χ4v) is 4.82. The van der Waals surface area contributed by atoms with E-state index in [2.05, 4.69) is 0 Å². The predicted octanol–water partition coefficient (Wildman–Crippen LogP) is 5.96. The molecular weight excluding hydrogens is 348 g/mol. The fourth-order valence-electron chi connectivity index (χ4n) is 2.54. The summed E-state index contributed by atoms with van der Waals surface area (Å²) in [5, 5.41) is 0. The van der Waals surface area contributed by atoms with Gasteiger partial charge in [-0.25, -0.2) is 17.6 Å². The van der Waals surface area contributed by atoms with E-state index in [9.17, 15) is 17.6 Å². The molecule has 0 heterocycles. The maximum atomic E-state index is 13.8. The topological polar surface area (TPSA) is 0 Å². The molecule has 0 atom stereocenters. The number of benzene rings is 3. The largest absolute Gasteiger partial charge is 0.207 e. The molecule has 0 aliphatic heterocycles. The molecule has 128 valence electrons. The molecule has 0 fully saturated rings. The second kappa shape index (κ2) is 6.92. The van der Waals surface area contributed by atoms with Crippen molar-refractivity contribution in [3.63, 3.8) is 0 Å². The van der Waals surface area contributed by atoms with Crippen molar-refractivity contribution in [1.29, 1.82) is 0 Å². The quantitative estimate of drug-likeness (QED) is 0.398. The molecule has 0 aliphatic rings. The normalized spacial score (nSPS) is 11.2. The summed E-state index contributed by atoms with van der Waals surface area (Å²) in [7, 11) is -0.886. The Balaban J connectivity index is 2.23. The second-order valence-electron chi connectivity index (χ2n) is 5.73. The summed E-state index contributed by atoms with van der Waals surface area (Å²) in [6.07, 6.45) is 0. The first-order chi connectivity index (χ1) is 11.8. The third kappa shape index (κ3) is 3.71. The Hall–Kier alpha value is -2.27. The maximum Gasteiger partial charge on any atom is 0.172 e. The zero-order chi connectivity index (χ0) is 18.1. The van der Waals surface area contributed by atoms with Gasteiger partial charge in [0, 0.05) is 18.2 Å². The molecule has 0 radical (unpaired) electrons. The van der Waals surface area contributed by atoms with E-state index >= 15 is 0 Å². The Morgan fingerprint density at radius 1 is 0.560 bits per heavy atom. The van der Waals surface area contributed by atoms with E-state index < -0.39 is 22.5 Å². The van der Waals surface area contributed by atoms with Gasteiger partial charge in [0.15, 0.2) is 14.7 Å². The minimum atomic E-state index is -0.886. The van der Waals surface area contributed by atoms with Crippen LogP contribution in [-0.2, 0) is 10.9 Å². The second-order valence-corrected chi connectivity index (χ2v) is 7.76. The van der Waals surface area contributed by atoms with Crippen LogP contribution in [0.4, 0.5) is 17.6 Å². The van der Waals surface area contributed by atoms with Gasteiger partial charge in [0.05, 0.1) is 10.9 Å². The molecule has 0 unspecified atom stereocenters. The van der Waals surface area contributed by atoms with Crippen molar-refractivity contribution >= 4 is 10.9 Å². The lowest BCUT2D eigenvalue weighted by atomic mass is 10.2. The van der Waals surface area contributed by atoms with Crippen molar-refractivity contribution < 1.29 is 17.6 Å². The summed E-state index contributed by atoms with van der Waals surface area (Å²) >= 11 is 0. The van der Waals surface area contributed by atoms with Gasteiger partial charge in [0.2, 0.25) is 0 Å². The van der Waals surface area contributed by atoms with Crippen LogP contribution in [0.2, 0.25) is 0 Å². The SMILES string of the molecule is Cc1cc([S+](c2cc(F)cc(F)c2)c2ccc(F)c(C)c2)ccc1F. The molecule has 0 aliphatic carbocycles. The van der Waals surface area contributed by atoms with Gasteiger partial charge >= 0.3 is 0 Å². The van der Waals surface area contributed by atoms with Crippen LogP contribution in [0.15, 0.2) is 69.3 Å². The minimum absolute atomic E-state index is 0.354. The summed E-state index contributed by atoms with van der Waals surface area (Å²) < 4.78 is 54.8. The van der Waals surface area contributed by atoms with Crippen molar-refractivity contribution in [2.24, 2.45) is 0 Å². The van der Waals surface area contributed by atoms with E-state index in [1.807, 2.05) is 0 Å². The van der Waals surface area contributed by atoms with Crippen LogP contribution in [0.1, 0.15) is 11.1 Å². The van der Waals surface area contributed by atoms with Crippen LogP contribution in [0.25, 0.3) is 0 Å². The molecule has 5 heteroatoms. The van der Waals surface area contributed by atoms with E-state index in [0.717, 1.165) is 6.07 Å². The average molecular weight is 363 g/mol. The molecule has 3 aromatic rings. The lowest BCUT2D eigenvalue weighted by Gasteiger charge is -2.10. The number of aryl methyl sites for hydroxylation is 2. The first-order valence-electron chi connectivity index (χ1n) is 7.58. The van der Waals surface area contributed by atoms with Gasteiger partial charge < -0.3 is 0 Å². The van der Waals surface area contributed by atoms with E-state index in [1.54, 1.807) is 38.1 Å². The van der Waals surface area contributed by atoms with Crippen molar-refractivity contribution in [3.05, 3.63) is 89.0 Å². The van der Waals surface area contributed by atoms with E-state index in [0.29, 0.717) is 25.8 Å². The maximum absolute atomic E-state index is 13.8. The summed E-state index contributed by atoms with van der Waals surface area (Å²) in [5.74, 6) is -2.09. The van der Waals surface area contributed by atoms with E-state index in [4.69, 9.17) is 0 Å². The van der Waals surface area contributed by atoms with Crippen molar-refractivity contribution in [3.8, 4) is 0 Å². The number of hydrogen-bond acceptors (Lipinski definition) is 0. The molecule has 0 N–H and O–H groups in total. The van der Waals surface area contributed by atoms with Crippen LogP contribution in [0.3, 0.4) is 0 Å². The Morgan fingerprint density at radius 3 is 1.40 bits per heavy atom. The zero-order valence-corrected chi connectivity index (χ0v) is 14.4. The molecule has 0 saturated carbocycles. The number of halogens is 4. The molecular formula is C20H15F4S+. The Labute approximate surface area is 146 Å². The van der Waals surface area contributed by atoms with Gasteiger partial charge in [-0.05, 0) is 61.4 Å². The molecule has 0 aromatic heterocycles. The van der Waals surface area contributed by atoms with Gasteiger partial charge in [-0.3, -0.25) is 0 Å². The van der Waals surface area contributed by atoms with Gasteiger partial charge in [-0.15, -0.1) is 0 Å². The molecule has 3 aromatic carbocycles. The van der Waals surface area contributed by atoms with Crippen molar-refractivity contribution in [2.45, 2.75) is 28.5 Å². The molecule has 0 nitrogen and oxygen atoms in total. The highest BCUT2D eigenvalue weighted by Gasteiger charge is 2.31. The van der Waals surface area contributed by atoms with Crippen molar-refractivity contribution in [1.82, 2.24) is 0 Å². The Bertz CT molecular complexity index is 865. The first kappa shape index (κ1) is 17.5. The molecule has 0 saturated heterocycles. The predicted molar refractivity (Wildman–Crippen MR) is 90.8 cm³/mol. The molecule has 3 rings (SSSR count). The van der Waals surface area contributed by atoms with E-state index in [-0.39, 0.29) is 11.6 Å². The van der Waals surface area contributed by atoms with Crippen molar-refractivity contribution in [2.75, 3.05) is 0 Å². The lowest BCUT2D eigenvalue weighted by molar-refractivity contribution is 0.577. The summed E-state index contributed by atoms with van der Waals surface area (Å²) in [6.45, 7) is 3.25. The zero-order valence-electron chi connectivity index (χ0n) is 13.6. The van der Waals surface area contributed by atoms with Crippen LogP contribution < -0.4 is 0 Å². The Morgan fingerprint density at radius 2 is 1.00 bits per heavy atom. The van der Waals surface area contributed by atoms with Gasteiger partial charge in [-0.1, -0.05) is 0 Å². The molecule has 0 amide bonds. The summed E-state index contributed by atoms with van der Waals surface area (Å²) in [4.78, 5) is 1.82. The molecule has 0 bridgehead atoms. The Kier molecular flexibility index (Phi) is 4.86. The van der Waals surface area contributed by atoms with Gasteiger partial charge in [-0.2, -0.15) is 0 Å². The third-order valence-corrected chi connectivity index (χ3v) is 5.96. The standard InChI is InChI=1S/C20H15F4S/c1-12-7-16(3-5-19(12)23)25(17-4-6-20(24)13(2)8-17)18-10-14(21)9-15(22)11-18/h3-11H,1-2H3/q+1. The van der Waals surface area contributed by atoms with Crippen LogP contribution in [0.5, 0.6) is 0 Å².